The molecule has 1 aliphatic rings. The van der Waals surface area contributed by atoms with Crippen LogP contribution in [0.2, 0.25) is 0 Å². The number of hydrogen-bond donors (Lipinski definition) is 0. The normalized spacial score (nSPS) is 27.8. The minimum absolute atomic E-state index is 0.131. The molecule has 5 heteroatoms. The molecule has 3 atom stereocenters. The summed E-state index contributed by atoms with van der Waals surface area (Å²) in [6.45, 7) is 7.05. The average Bonchev–Trinajstić information content (AvgIpc) is 2.82. The molecule has 0 aromatic carbocycles. The molecule has 0 amide bonds. The lowest BCUT2D eigenvalue weighted by Gasteiger charge is -2.26. The van der Waals surface area contributed by atoms with Crippen molar-refractivity contribution in [3.05, 3.63) is 34.8 Å². The van der Waals surface area contributed by atoms with Gasteiger partial charge in [0.2, 0.25) is 5.78 Å². The minimum atomic E-state index is -0.827. The first-order chi connectivity index (χ1) is 10.8. The Kier molecular flexibility index (Phi) is 5.42. The molecule has 23 heavy (non-hydrogen) atoms. The molecule has 0 bridgehead atoms. The highest BCUT2D eigenvalue weighted by atomic mass is 16.5. The Hall–Kier alpha value is -1.88. The molecule has 0 spiro atoms. The zero-order valence-corrected chi connectivity index (χ0v) is 14.3. The molecule has 1 heterocycles. The van der Waals surface area contributed by atoms with Crippen LogP contribution in [0.25, 0.3) is 0 Å². The first kappa shape index (κ1) is 17.5. The highest BCUT2D eigenvalue weighted by Gasteiger charge is 2.34. The van der Waals surface area contributed by atoms with Crippen molar-refractivity contribution in [1.29, 1.82) is 0 Å². The maximum Gasteiger partial charge on any atom is 0.303 e. The van der Waals surface area contributed by atoms with Crippen molar-refractivity contribution in [2.45, 2.75) is 52.7 Å². The molecule has 0 N–H and O–H groups in total. The Morgan fingerprint density at radius 2 is 2.04 bits per heavy atom. The van der Waals surface area contributed by atoms with Crippen molar-refractivity contribution in [2.75, 3.05) is 7.11 Å². The Balaban J connectivity index is 2.50. The molecule has 0 unspecified atom stereocenters. The van der Waals surface area contributed by atoms with Crippen LogP contribution in [-0.2, 0) is 20.7 Å². The van der Waals surface area contributed by atoms with E-state index in [1.807, 2.05) is 26.8 Å². The number of Topliss-reactive ketones (excluding diaryl/α,β-unsaturated/α-hetero) is 1. The SMILES string of the molecule is CO[C@@H]1/C=C(/C)Cc2occ(C)c2C(=O)[C@@H](OC(C)=O)[C@H](C)C1. The van der Waals surface area contributed by atoms with E-state index in [4.69, 9.17) is 13.9 Å². The van der Waals surface area contributed by atoms with Gasteiger partial charge in [0.15, 0.2) is 6.10 Å². The Bertz CT molecular complexity index is 625. The smallest absolute Gasteiger partial charge is 0.303 e. The van der Waals surface area contributed by atoms with E-state index in [9.17, 15) is 9.59 Å². The van der Waals surface area contributed by atoms with Crippen LogP contribution < -0.4 is 0 Å². The van der Waals surface area contributed by atoms with E-state index in [-0.39, 0.29) is 17.8 Å². The number of hydrogen-bond acceptors (Lipinski definition) is 5. The number of aryl methyl sites for hydroxylation is 1. The molecule has 0 saturated carbocycles. The molecule has 0 saturated heterocycles. The van der Waals surface area contributed by atoms with E-state index in [1.165, 1.54) is 6.92 Å². The van der Waals surface area contributed by atoms with Gasteiger partial charge in [-0.2, -0.15) is 0 Å². The molecule has 1 aliphatic carbocycles. The minimum Gasteiger partial charge on any atom is -0.468 e. The Labute approximate surface area is 136 Å². The largest absolute Gasteiger partial charge is 0.468 e. The predicted molar refractivity (Wildman–Crippen MR) is 85.4 cm³/mol. The van der Waals surface area contributed by atoms with Gasteiger partial charge in [-0.1, -0.05) is 18.6 Å². The molecular formula is C18H24O5. The zero-order chi connectivity index (χ0) is 17.1. The van der Waals surface area contributed by atoms with Gasteiger partial charge in [-0.15, -0.1) is 0 Å². The second-order valence-corrected chi connectivity index (χ2v) is 6.29. The summed E-state index contributed by atoms with van der Waals surface area (Å²) in [7, 11) is 1.64. The number of ether oxygens (including phenoxy) is 2. The van der Waals surface area contributed by atoms with Crippen LogP contribution in [0.1, 0.15) is 48.9 Å². The topological polar surface area (TPSA) is 65.7 Å². The molecule has 0 fully saturated rings. The number of esters is 1. The molecule has 126 valence electrons. The van der Waals surface area contributed by atoms with E-state index in [0.717, 1.165) is 11.1 Å². The van der Waals surface area contributed by atoms with E-state index in [1.54, 1.807) is 13.4 Å². The summed E-state index contributed by atoms with van der Waals surface area (Å²) in [5.74, 6) is -0.211. The van der Waals surface area contributed by atoms with Crippen LogP contribution in [0.3, 0.4) is 0 Å². The fourth-order valence-electron chi connectivity index (χ4n) is 3.06. The van der Waals surface area contributed by atoms with Crippen molar-refractivity contribution in [2.24, 2.45) is 5.92 Å². The first-order valence-electron chi connectivity index (χ1n) is 7.82. The summed E-state index contributed by atoms with van der Waals surface area (Å²) < 4.78 is 16.4. The van der Waals surface area contributed by atoms with Crippen molar-refractivity contribution < 1.29 is 23.5 Å². The van der Waals surface area contributed by atoms with Gasteiger partial charge in [0.25, 0.3) is 0 Å². The number of furan rings is 1. The van der Waals surface area contributed by atoms with Crippen LogP contribution in [0.4, 0.5) is 0 Å². The van der Waals surface area contributed by atoms with E-state index in [0.29, 0.717) is 24.2 Å². The van der Waals surface area contributed by atoms with E-state index >= 15 is 0 Å². The molecular weight excluding hydrogens is 296 g/mol. The van der Waals surface area contributed by atoms with Crippen LogP contribution in [0, 0.1) is 12.8 Å². The molecule has 1 aromatic rings. The van der Waals surface area contributed by atoms with Crippen LogP contribution >= 0.6 is 0 Å². The summed E-state index contributed by atoms with van der Waals surface area (Å²) in [5, 5.41) is 0. The van der Waals surface area contributed by atoms with Crippen LogP contribution in [0.5, 0.6) is 0 Å². The molecule has 5 nitrogen and oxygen atoms in total. The number of methoxy groups -OCH3 is 1. The lowest BCUT2D eigenvalue weighted by molar-refractivity contribution is -0.146. The monoisotopic (exact) mass is 320 g/mol. The lowest BCUT2D eigenvalue weighted by Crippen LogP contribution is -2.35. The summed E-state index contributed by atoms with van der Waals surface area (Å²) in [6.07, 6.45) is 3.80. The first-order valence-corrected chi connectivity index (χ1v) is 7.82. The molecule has 2 rings (SSSR count). The van der Waals surface area contributed by atoms with Gasteiger partial charge in [-0.25, -0.2) is 0 Å². The van der Waals surface area contributed by atoms with Gasteiger partial charge in [0, 0.05) is 26.4 Å². The van der Waals surface area contributed by atoms with Gasteiger partial charge < -0.3 is 13.9 Å². The number of rotatable bonds is 2. The van der Waals surface area contributed by atoms with Gasteiger partial charge in [0.1, 0.15) is 5.76 Å². The Morgan fingerprint density at radius 3 is 2.65 bits per heavy atom. The van der Waals surface area contributed by atoms with E-state index in [2.05, 4.69) is 0 Å². The van der Waals surface area contributed by atoms with Crippen molar-refractivity contribution in [3.63, 3.8) is 0 Å². The predicted octanol–water partition coefficient (Wildman–Crippen LogP) is 3.25. The summed E-state index contributed by atoms with van der Waals surface area (Å²) >= 11 is 0. The van der Waals surface area contributed by atoms with Crippen molar-refractivity contribution in [1.82, 2.24) is 0 Å². The third-order valence-corrected chi connectivity index (χ3v) is 4.18. The zero-order valence-electron chi connectivity index (χ0n) is 14.3. The second kappa shape index (κ2) is 7.13. The van der Waals surface area contributed by atoms with Gasteiger partial charge in [0.05, 0.1) is 17.9 Å². The summed E-state index contributed by atoms with van der Waals surface area (Å²) in [6, 6.07) is 0. The highest BCUT2D eigenvalue weighted by Crippen LogP contribution is 2.28. The number of ketones is 1. The van der Waals surface area contributed by atoms with Gasteiger partial charge >= 0.3 is 5.97 Å². The number of allylic oxidation sites excluding steroid dienone is 1. The maximum atomic E-state index is 13.0. The standard InChI is InChI=1S/C18H24O5/c1-10-6-14(21-5)8-11(2)18(23-13(4)19)17(20)16-12(3)9-22-15(16)7-10/h6,9,11,14,18H,7-8H2,1-5H3/b10-6-/t11-,14-,18+/m1/s1. The Morgan fingerprint density at radius 1 is 1.35 bits per heavy atom. The van der Waals surface area contributed by atoms with Crippen molar-refractivity contribution >= 4 is 11.8 Å². The number of carbonyl (C=O) groups excluding carboxylic acids is 2. The average molecular weight is 320 g/mol. The highest BCUT2D eigenvalue weighted by molar-refractivity contribution is 6.02. The van der Waals surface area contributed by atoms with E-state index < -0.39 is 12.1 Å². The number of fused-ring (bicyclic) bond motifs is 1. The summed E-state index contributed by atoms with van der Waals surface area (Å²) in [4.78, 5) is 24.4. The molecule has 0 radical (unpaired) electrons. The fourth-order valence-corrected chi connectivity index (χ4v) is 3.06. The second-order valence-electron chi connectivity index (χ2n) is 6.29. The maximum absolute atomic E-state index is 13.0. The fraction of sp³-hybridized carbons (Fsp3) is 0.556. The lowest BCUT2D eigenvalue weighted by atomic mass is 9.87. The number of carbonyl (C=O) groups is 2. The van der Waals surface area contributed by atoms with Crippen molar-refractivity contribution in [3.8, 4) is 0 Å². The summed E-state index contributed by atoms with van der Waals surface area (Å²) in [5.41, 5.74) is 2.39. The van der Waals surface area contributed by atoms with Crippen LogP contribution in [-0.4, -0.2) is 31.1 Å². The quantitative estimate of drug-likeness (QED) is 0.618. The van der Waals surface area contributed by atoms with Gasteiger partial charge in [-0.3, -0.25) is 9.59 Å². The molecule has 1 aromatic heterocycles. The third-order valence-electron chi connectivity index (χ3n) is 4.18. The van der Waals surface area contributed by atoms with Gasteiger partial charge in [-0.05, 0) is 25.8 Å². The molecule has 0 aliphatic heterocycles. The third kappa shape index (κ3) is 3.91. The van der Waals surface area contributed by atoms with Crippen LogP contribution in [0.15, 0.2) is 22.3 Å².